The number of rotatable bonds is 4. The summed E-state index contributed by atoms with van der Waals surface area (Å²) in [5, 5.41) is 11.6. The fourth-order valence-electron chi connectivity index (χ4n) is 1.93. The lowest BCUT2D eigenvalue weighted by atomic mass is 10.1. The minimum atomic E-state index is 0.691. The highest BCUT2D eigenvalue weighted by molar-refractivity contribution is 7.14. The molecular formula is C14H14N4S. The van der Waals surface area contributed by atoms with E-state index in [0.29, 0.717) is 6.54 Å². The molecule has 2 heterocycles. The normalized spacial score (nSPS) is 11.0. The minimum absolute atomic E-state index is 0.691. The van der Waals surface area contributed by atoms with Crippen LogP contribution in [0.25, 0.3) is 21.5 Å². The van der Waals surface area contributed by atoms with Gasteiger partial charge in [-0.05, 0) is 37.2 Å². The molecule has 3 aromatic rings. The van der Waals surface area contributed by atoms with Crippen LogP contribution in [0.5, 0.6) is 0 Å². The van der Waals surface area contributed by atoms with Gasteiger partial charge in [0.25, 0.3) is 0 Å². The molecule has 2 aromatic heterocycles. The van der Waals surface area contributed by atoms with Gasteiger partial charge in [-0.2, -0.15) is 0 Å². The number of aryl methyl sites for hydroxylation is 1. The van der Waals surface area contributed by atoms with Gasteiger partial charge in [0.05, 0.1) is 5.52 Å². The Morgan fingerprint density at radius 2 is 2.11 bits per heavy atom. The van der Waals surface area contributed by atoms with E-state index >= 15 is 0 Å². The van der Waals surface area contributed by atoms with Crippen LogP contribution in [0.4, 0.5) is 0 Å². The monoisotopic (exact) mass is 270 g/mol. The minimum Gasteiger partial charge on any atom is -0.330 e. The van der Waals surface area contributed by atoms with Crippen LogP contribution >= 0.6 is 11.3 Å². The molecule has 0 aliphatic rings. The summed E-state index contributed by atoms with van der Waals surface area (Å²) in [4.78, 5) is 4.32. The van der Waals surface area contributed by atoms with E-state index in [1.807, 2.05) is 18.2 Å². The van der Waals surface area contributed by atoms with E-state index in [9.17, 15) is 0 Å². The van der Waals surface area contributed by atoms with Gasteiger partial charge in [0.15, 0.2) is 0 Å². The summed E-state index contributed by atoms with van der Waals surface area (Å²) in [6.07, 6.45) is 3.66. The standard InChI is InChI=1S/C14H14N4S/c15-7-1-4-13-17-18-14(19-13)11-5-6-12-10(9-11)3-2-8-16-12/h2-3,5-6,8-9H,1,4,7,15H2. The second kappa shape index (κ2) is 5.42. The zero-order valence-electron chi connectivity index (χ0n) is 10.4. The molecule has 19 heavy (non-hydrogen) atoms. The third-order valence-electron chi connectivity index (χ3n) is 2.91. The number of benzene rings is 1. The predicted molar refractivity (Wildman–Crippen MR) is 78.0 cm³/mol. The van der Waals surface area contributed by atoms with Crippen LogP contribution in [0.3, 0.4) is 0 Å². The number of nitrogens with zero attached hydrogens (tertiary/aromatic N) is 3. The lowest BCUT2D eigenvalue weighted by Gasteiger charge is -1.99. The third-order valence-corrected chi connectivity index (χ3v) is 3.94. The summed E-state index contributed by atoms with van der Waals surface area (Å²) < 4.78 is 0. The van der Waals surface area contributed by atoms with Crippen LogP contribution in [-0.2, 0) is 6.42 Å². The molecule has 0 saturated carbocycles. The van der Waals surface area contributed by atoms with Gasteiger partial charge in [-0.3, -0.25) is 4.98 Å². The van der Waals surface area contributed by atoms with Crippen molar-refractivity contribution in [3.63, 3.8) is 0 Å². The summed E-state index contributed by atoms with van der Waals surface area (Å²) in [7, 11) is 0. The number of nitrogens with two attached hydrogens (primary N) is 1. The summed E-state index contributed by atoms with van der Waals surface area (Å²) in [5.74, 6) is 0. The second-order valence-electron chi connectivity index (χ2n) is 4.30. The number of hydrogen-bond donors (Lipinski definition) is 1. The molecule has 0 aliphatic carbocycles. The van der Waals surface area contributed by atoms with Crippen molar-refractivity contribution in [1.82, 2.24) is 15.2 Å². The molecule has 0 aliphatic heterocycles. The first-order valence-electron chi connectivity index (χ1n) is 6.24. The Morgan fingerprint density at radius 1 is 1.16 bits per heavy atom. The van der Waals surface area contributed by atoms with Gasteiger partial charge in [-0.1, -0.05) is 17.4 Å². The fraction of sp³-hybridized carbons (Fsp3) is 0.214. The first kappa shape index (κ1) is 12.2. The van der Waals surface area contributed by atoms with E-state index in [4.69, 9.17) is 5.73 Å². The molecule has 0 bridgehead atoms. The van der Waals surface area contributed by atoms with Gasteiger partial charge in [-0.15, -0.1) is 10.2 Å². The van der Waals surface area contributed by atoms with E-state index < -0.39 is 0 Å². The zero-order chi connectivity index (χ0) is 13.1. The molecule has 0 saturated heterocycles. The zero-order valence-corrected chi connectivity index (χ0v) is 11.2. The molecule has 0 amide bonds. The summed E-state index contributed by atoms with van der Waals surface area (Å²) in [6, 6.07) is 10.2. The van der Waals surface area contributed by atoms with Gasteiger partial charge < -0.3 is 5.73 Å². The van der Waals surface area contributed by atoms with Crippen molar-refractivity contribution in [2.75, 3.05) is 6.54 Å². The van der Waals surface area contributed by atoms with Crippen molar-refractivity contribution in [3.8, 4) is 10.6 Å². The number of hydrogen-bond acceptors (Lipinski definition) is 5. The van der Waals surface area contributed by atoms with E-state index in [2.05, 4.69) is 27.3 Å². The lowest BCUT2D eigenvalue weighted by molar-refractivity contribution is 0.812. The highest BCUT2D eigenvalue weighted by atomic mass is 32.1. The first-order chi connectivity index (χ1) is 9.36. The molecule has 96 valence electrons. The van der Waals surface area contributed by atoms with Crippen molar-refractivity contribution in [2.45, 2.75) is 12.8 Å². The van der Waals surface area contributed by atoms with E-state index in [0.717, 1.165) is 39.3 Å². The Labute approximate surface area is 115 Å². The summed E-state index contributed by atoms with van der Waals surface area (Å²) in [6.45, 7) is 0.691. The van der Waals surface area contributed by atoms with Crippen molar-refractivity contribution in [2.24, 2.45) is 5.73 Å². The van der Waals surface area contributed by atoms with Crippen LogP contribution < -0.4 is 5.73 Å². The number of pyridine rings is 1. The quantitative estimate of drug-likeness (QED) is 0.791. The predicted octanol–water partition coefficient (Wildman–Crippen LogP) is 2.64. The molecule has 2 N–H and O–H groups in total. The van der Waals surface area contributed by atoms with Gasteiger partial charge >= 0.3 is 0 Å². The van der Waals surface area contributed by atoms with Gasteiger partial charge in [0.2, 0.25) is 0 Å². The molecule has 5 heteroatoms. The summed E-state index contributed by atoms with van der Waals surface area (Å²) >= 11 is 1.64. The van der Waals surface area contributed by atoms with Crippen LogP contribution in [0.2, 0.25) is 0 Å². The number of fused-ring (bicyclic) bond motifs is 1. The fourth-order valence-corrected chi connectivity index (χ4v) is 2.81. The Bertz CT molecular complexity index is 692. The van der Waals surface area contributed by atoms with Crippen molar-refractivity contribution >= 4 is 22.2 Å². The largest absolute Gasteiger partial charge is 0.330 e. The first-order valence-corrected chi connectivity index (χ1v) is 7.06. The van der Waals surface area contributed by atoms with Gasteiger partial charge in [-0.25, -0.2) is 0 Å². The van der Waals surface area contributed by atoms with Crippen LogP contribution in [0.1, 0.15) is 11.4 Å². The van der Waals surface area contributed by atoms with Crippen LogP contribution in [0.15, 0.2) is 36.5 Å². The molecule has 4 nitrogen and oxygen atoms in total. The maximum absolute atomic E-state index is 5.51. The van der Waals surface area contributed by atoms with E-state index in [-0.39, 0.29) is 0 Å². The van der Waals surface area contributed by atoms with Crippen LogP contribution in [-0.4, -0.2) is 21.7 Å². The molecule has 0 unspecified atom stereocenters. The highest BCUT2D eigenvalue weighted by Gasteiger charge is 2.07. The lowest BCUT2D eigenvalue weighted by Crippen LogP contribution is -1.99. The topological polar surface area (TPSA) is 64.7 Å². The maximum Gasteiger partial charge on any atom is 0.147 e. The molecular weight excluding hydrogens is 256 g/mol. The molecule has 0 spiro atoms. The SMILES string of the molecule is NCCCc1nnc(-c2ccc3ncccc3c2)s1. The Balaban J connectivity index is 1.92. The Morgan fingerprint density at radius 3 is 3.00 bits per heavy atom. The smallest absolute Gasteiger partial charge is 0.147 e. The summed E-state index contributed by atoms with van der Waals surface area (Å²) in [5.41, 5.74) is 7.60. The van der Waals surface area contributed by atoms with Crippen molar-refractivity contribution < 1.29 is 0 Å². The second-order valence-corrected chi connectivity index (χ2v) is 5.37. The molecule has 0 atom stereocenters. The van der Waals surface area contributed by atoms with E-state index in [1.165, 1.54) is 0 Å². The Kier molecular flexibility index (Phi) is 3.48. The van der Waals surface area contributed by atoms with Gasteiger partial charge in [0.1, 0.15) is 10.0 Å². The van der Waals surface area contributed by atoms with Crippen molar-refractivity contribution in [1.29, 1.82) is 0 Å². The molecule has 1 aromatic carbocycles. The van der Waals surface area contributed by atoms with Crippen molar-refractivity contribution in [3.05, 3.63) is 41.5 Å². The van der Waals surface area contributed by atoms with Gasteiger partial charge in [0, 0.05) is 23.6 Å². The average Bonchev–Trinajstić information content (AvgIpc) is 2.93. The number of aromatic nitrogens is 3. The molecule has 0 fully saturated rings. The highest BCUT2D eigenvalue weighted by Crippen LogP contribution is 2.26. The molecule has 3 rings (SSSR count). The van der Waals surface area contributed by atoms with E-state index in [1.54, 1.807) is 17.5 Å². The third kappa shape index (κ3) is 2.62. The Hall–Kier alpha value is -1.85. The maximum atomic E-state index is 5.51. The molecule has 0 radical (unpaired) electrons. The average molecular weight is 270 g/mol. The van der Waals surface area contributed by atoms with Crippen LogP contribution in [0, 0.1) is 0 Å².